The SMILES string of the molecule is CNC(c1ccc(C)cc1OC)C1CCc2cccnc21. The molecule has 0 saturated carbocycles. The van der Waals surface area contributed by atoms with Crippen LogP contribution >= 0.6 is 0 Å². The van der Waals surface area contributed by atoms with Crippen LogP contribution in [0.1, 0.15) is 40.8 Å². The molecule has 0 amide bonds. The maximum absolute atomic E-state index is 5.60. The Morgan fingerprint density at radius 1 is 1.33 bits per heavy atom. The number of nitrogens with one attached hydrogen (secondary N) is 1. The monoisotopic (exact) mass is 282 g/mol. The molecule has 2 aromatic rings. The summed E-state index contributed by atoms with van der Waals surface area (Å²) in [7, 11) is 3.76. The molecular weight excluding hydrogens is 260 g/mol. The van der Waals surface area contributed by atoms with Crippen molar-refractivity contribution in [3.63, 3.8) is 0 Å². The molecule has 0 bridgehead atoms. The Morgan fingerprint density at radius 2 is 2.19 bits per heavy atom. The van der Waals surface area contributed by atoms with E-state index >= 15 is 0 Å². The van der Waals surface area contributed by atoms with Crippen LogP contribution < -0.4 is 10.1 Å². The Kier molecular flexibility index (Phi) is 3.93. The van der Waals surface area contributed by atoms with Crippen molar-refractivity contribution >= 4 is 0 Å². The van der Waals surface area contributed by atoms with E-state index in [-0.39, 0.29) is 6.04 Å². The first kappa shape index (κ1) is 14.1. The van der Waals surface area contributed by atoms with Gasteiger partial charge in [0.2, 0.25) is 0 Å². The van der Waals surface area contributed by atoms with Crippen LogP contribution in [0.2, 0.25) is 0 Å². The van der Waals surface area contributed by atoms with Gasteiger partial charge in [-0.2, -0.15) is 0 Å². The molecular formula is C18H22N2O. The number of pyridine rings is 1. The van der Waals surface area contributed by atoms with E-state index in [0.717, 1.165) is 18.6 Å². The molecule has 0 aliphatic heterocycles. The first-order valence-electron chi connectivity index (χ1n) is 7.50. The smallest absolute Gasteiger partial charge is 0.123 e. The standard InChI is InChI=1S/C18H22N2O/c1-12-6-8-14(16(11-12)21-3)18(19-2)15-9-7-13-5-4-10-20-17(13)15/h4-6,8,10-11,15,18-19H,7,9H2,1-3H3. The number of rotatable bonds is 4. The summed E-state index contributed by atoms with van der Waals surface area (Å²) in [4.78, 5) is 4.63. The van der Waals surface area contributed by atoms with Crippen molar-refractivity contribution in [1.29, 1.82) is 0 Å². The number of fused-ring (bicyclic) bond motifs is 1. The fourth-order valence-corrected chi connectivity index (χ4v) is 3.42. The van der Waals surface area contributed by atoms with E-state index in [2.05, 4.69) is 41.5 Å². The van der Waals surface area contributed by atoms with E-state index in [1.54, 1.807) is 7.11 Å². The third-order valence-electron chi connectivity index (χ3n) is 4.44. The van der Waals surface area contributed by atoms with E-state index < -0.39 is 0 Å². The Hall–Kier alpha value is -1.87. The van der Waals surface area contributed by atoms with Crippen molar-refractivity contribution < 1.29 is 4.74 Å². The van der Waals surface area contributed by atoms with E-state index in [4.69, 9.17) is 4.74 Å². The van der Waals surface area contributed by atoms with Crippen molar-refractivity contribution in [2.24, 2.45) is 0 Å². The number of hydrogen-bond donors (Lipinski definition) is 1. The number of nitrogens with zero attached hydrogens (tertiary/aromatic N) is 1. The summed E-state index contributed by atoms with van der Waals surface area (Å²) in [6.07, 6.45) is 4.14. The highest BCUT2D eigenvalue weighted by Crippen LogP contribution is 2.42. The summed E-state index contributed by atoms with van der Waals surface area (Å²) in [5, 5.41) is 3.48. The number of hydrogen-bond acceptors (Lipinski definition) is 3. The minimum Gasteiger partial charge on any atom is -0.496 e. The minimum absolute atomic E-state index is 0.233. The zero-order valence-electron chi connectivity index (χ0n) is 12.9. The normalized spacial score (nSPS) is 18.3. The van der Waals surface area contributed by atoms with E-state index in [1.807, 2.05) is 19.3 Å². The topological polar surface area (TPSA) is 34.1 Å². The molecule has 21 heavy (non-hydrogen) atoms. The summed E-state index contributed by atoms with van der Waals surface area (Å²) < 4.78 is 5.60. The van der Waals surface area contributed by atoms with E-state index in [9.17, 15) is 0 Å². The zero-order valence-corrected chi connectivity index (χ0v) is 12.9. The lowest BCUT2D eigenvalue weighted by atomic mass is 9.90. The number of methoxy groups -OCH3 is 1. The first-order chi connectivity index (χ1) is 10.2. The first-order valence-corrected chi connectivity index (χ1v) is 7.50. The molecule has 1 N–H and O–H groups in total. The van der Waals surface area contributed by atoms with Gasteiger partial charge in [0.1, 0.15) is 5.75 Å². The molecule has 1 aromatic heterocycles. The number of aromatic nitrogens is 1. The predicted molar refractivity (Wildman–Crippen MR) is 84.8 cm³/mol. The maximum Gasteiger partial charge on any atom is 0.123 e. The summed E-state index contributed by atoms with van der Waals surface area (Å²) in [5.74, 6) is 1.36. The van der Waals surface area contributed by atoms with Crippen molar-refractivity contribution in [2.45, 2.75) is 31.7 Å². The second-order valence-electron chi connectivity index (χ2n) is 5.70. The molecule has 1 aliphatic carbocycles. The van der Waals surface area contributed by atoms with Crippen LogP contribution in [0.5, 0.6) is 5.75 Å². The van der Waals surface area contributed by atoms with Crippen LogP contribution in [-0.4, -0.2) is 19.1 Å². The van der Waals surface area contributed by atoms with Crippen molar-refractivity contribution in [2.75, 3.05) is 14.2 Å². The average molecular weight is 282 g/mol. The molecule has 0 fully saturated rings. The molecule has 0 radical (unpaired) electrons. The number of likely N-dealkylation sites (N-methyl/N-ethyl adjacent to an activating group) is 1. The van der Waals surface area contributed by atoms with Gasteiger partial charge in [-0.1, -0.05) is 18.2 Å². The molecule has 110 valence electrons. The van der Waals surface area contributed by atoms with E-state index in [1.165, 1.54) is 22.4 Å². The summed E-state index contributed by atoms with van der Waals surface area (Å²) >= 11 is 0. The third kappa shape index (κ3) is 2.54. The van der Waals surface area contributed by atoms with Crippen LogP contribution in [0.25, 0.3) is 0 Å². The molecule has 3 nitrogen and oxygen atoms in total. The predicted octanol–water partition coefficient (Wildman–Crippen LogP) is 3.39. The van der Waals surface area contributed by atoms with Gasteiger partial charge in [0.15, 0.2) is 0 Å². The van der Waals surface area contributed by atoms with Crippen molar-refractivity contribution in [3.05, 3.63) is 58.9 Å². The highest BCUT2D eigenvalue weighted by atomic mass is 16.5. The van der Waals surface area contributed by atoms with E-state index in [0.29, 0.717) is 5.92 Å². The highest BCUT2D eigenvalue weighted by molar-refractivity contribution is 5.42. The van der Waals surface area contributed by atoms with Gasteiger partial charge in [0.05, 0.1) is 7.11 Å². The third-order valence-corrected chi connectivity index (χ3v) is 4.44. The van der Waals surface area contributed by atoms with Crippen molar-refractivity contribution in [3.8, 4) is 5.75 Å². The molecule has 0 spiro atoms. The highest BCUT2D eigenvalue weighted by Gasteiger charge is 2.32. The second kappa shape index (κ2) is 5.86. The van der Waals surface area contributed by atoms with Gasteiger partial charge < -0.3 is 10.1 Å². The molecule has 0 saturated heterocycles. The summed E-state index contributed by atoms with van der Waals surface area (Å²) in [6.45, 7) is 2.09. The Balaban J connectivity index is 2.00. The lowest BCUT2D eigenvalue weighted by Gasteiger charge is -2.25. The van der Waals surface area contributed by atoms with Crippen LogP contribution in [-0.2, 0) is 6.42 Å². The van der Waals surface area contributed by atoms with Crippen LogP contribution in [0.4, 0.5) is 0 Å². The summed E-state index contributed by atoms with van der Waals surface area (Å²) in [5.41, 5.74) is 5.05. The van der Waals surface area contributed by atoms with Crippen LogP contribution in [0, 0.1) is 6.92 Å². The molecule has 2 unspecified atom stereocenters. The molecule has 3 heteroatoms. The van der Waals surface area contributed by atoms with Gasteiger partial charge in [-0.15, -0.1) is 0 Å². The molecule has 1 aliphatic rings. The Labute approximate surface area is 126 Å². The van der Waals surface area contributed by atoms with Crippen molar-refractivity contribution in [1.82, 2.24) is 10.3 Å². The second-order valence-corrected chi connectivity index (χ2v) is 5.70. The fraction of sp³-hybridized carbons (Fsp3) is 0.389. The lowest BCUT2D eigenvalue weighted by Crippen LogP contribution is -2.23. The van der Waals surface area contributed by atoms with Gasteiger partial charge in [-0.25, -0.2) is 0 Å². The van der Waals surface area contributed by atoms with Gasteiger partial charge in [0, 0.05) is 29.4 Å². The molecule has 2 atom stereocenters. The quantitative estimate of drug-likeness (QED) is 0.933. The summed E-state index contributed by atoms with van der Waals surface area (Å²) in [6, 6.07) is 10.9. The minimum atomic E-state index is 0.233. The fourth-order valence-electron chi connectivity index (χ4n) is 3.42. The van der Waals surface area contributed by atoms with Gasteiger partial charge in [-0.05, 0) is 50.1 Å². The number of ether oxygens (including phenoxy) is 1. The number of aryl methyl sites for hydroxylation is 2. The Morgan fingerprint density at radius 3 is 2.95 bits per heavy atom. The Bertz CT molecular complexity index is 639. The molecule has 3 rings (SSSR count). The largest absolute Gasteiger partial charge is 0.496 e. The number of benzene rings is 1. The van der Waals surface area contributed by atoms with Crippen LogP contribution in [0.15, 0.2) is 36.5 Å². The maximum atomic E-state index is 5.60. The molecule has 1 heterocycles. The van der Waals surface area contributed by atoms with Gasteiger partial charge in [-0.3, -0.25) is 4.98 Å². The van der Waals surface area contributed by atoms with Gasteiger partial charge >= 0.3 is 0 Å². The molecule has 1 aromatic carbocycles. The van der Waals surface area contributed by atoms with Gasteiger partial charge in [0.25, 0.3) is 0 Å². The average Bonchev–Trinajstić information content (AvgIpc) is 2.93. The zero-order chi connectivity index (χ0) is 14.8. The van der Waals surface area contributed by atoms with Crippen LogP contribution in [0.3, 0.4) is 0 Å². The lowest BCUT2D eigenvalue weighted by molar-refractivity contribution is 0.389.